The quantitative estimate of drug-likeness (QED) is 0.759. The van der Waals surface area contributed by atoms with Crippen molar-refractivity contribution in [3.63, 3.8) is 0 Å². The first-order valence-corrected chi connectivity index (χ1v) is 5.56. The molecule has 1 aliphatic carbocycles. The number of hydrogen-bond acceptors (Lipinski definition) is 2. The van der Waals surface area contributed by atoms with Crippen LogP contribution in [0.4, 0.5) is 8.78 Å². The first-order chi connectivity index (χ1) is 7.93. The standard InChI is InChI=1S/C12H11ClF2O2/c1-17-11(16)9-3-2-7(4-10(9)13)8-5-12(14,15)6-8/h2-4,8H,5-6H2,1H3. The second-order valence-electron chi connectivity index (χ2n) is 4.19. The molecule has 0 radical (unpaired) electrons. The Hall–Kier alpha value is -1.16. The molecule has 0 heterocycles. The van der Waals surface area contributed by atoms with Gasteiger partial charge in [0.05, 0.1) is 17.7 Å². The Bertz CT molecular complexity index is 452. The van der Waals surface area contributed by atoms with Crippen LogP contribution in [0.25, 0.3) is 0 Å². The highest BCUT2D eigenvalue weighted by molar-refractivity contribution is 6.33. The molecule has 0 N–H and O–H groups in total. The fraction of sp³-hybridized carbons (Fsp3) is 0.417. The third-order valence-electron chi connectivity index (χ3n) is 2.96. The van der Waals surface area contributed by atoms with Gasteiger partial charge >= 0.3 is 5.97 Å². The Morgan fingerprint density at radius 3 is 2.59 bits per heavy atom. The Morgan fingerprint density at radius 1 is 1.47 bits per heavy atom. The van der Waals surface area contributed by atoms with Gasteiger partial charge in [-0.1, -0.05) is 17.7 Å². The summed E-state index contributed by atoms with van der Waals surface area (Å²) in [6, 6.07) is 4.73. The molecule has 0 amide bonds. The summed E-state index contributed by atoms with van der Waals surface area (Å²) in [6.45, 7) is 0. The summed E-state index contributed by atoms with van der Waals surface area (Å²) in [6.07, 6.45) is -0.304. The van der Waals surface area contributed by atoms with Crippen LogP contribution >= 0.6 is 11.6 Å². The summed E-state index contributed by atoms with van der Waals surface area (Å²) in [4.78, 5) is 11.3. The number of carbonyl (C=O) groups excluding carboxylic acids is 1. The van der Waals surface area contributed by atoms with Gasteiger partial charge < -0.3 is 4.74 Å². The molecule has 0 aromatic heterocycles. The molecule has 1 aliphatic rings. The largest absolute Gasteiger partial charge is 0.465 e. The van der Waals surface area contributed by atoms with Crippen LogP contribution in [0, 0.1) is 0 Å². The van der Waals surface area contributed by atoms with E-state index >= 15 is 0 Å². The van der Waals surface area contributed by atoms with Crippen LogP contribution in [-0.4, -0.2) is 19.0 Å². The van der Waals surface area contributed by atoms with Crippen LogP contribution in [0.1, 0.15) is 34.7 Å². The van der Waals surface area contributed by atoms with E-state index in [1.807, 2.05) is 0 Å². The smallest absolute Gasteiger partial charge is 0.339 e. The first kappa shape index (κ1) is 12.3. The zero-order chi connectivity index (χ0) is 12.6. The number of carbonyl (C=O) groups is 1. The zero-order valence-electron chi connectivity index (χ0n) is 9.17. The Balaban J connectivity index is 2.18. The van der Waals surface area contributed by atoms with Crippen molar-refractivity contribution in [3.05, 3.63) is 34.3 Å². The van der Waals surface area contributed by atoms with Gasteiger partial charge in [0, 0.05) is 12.8 Å². The topological polar surface area (TPSA) is 26.3 Å². The number of benzene rings is 1. The molecular weight excluding hydrogens is 250 g/mol. The fourth-order valence-electron chi connectivity index (χ4n) is 1.96. The third kappa shape index (κ3) is 2.41. The summed E-state index contributed by atoms with van der Waals surface area (Å²) >= 11 is 5.91. The van der Waals surface area contributed by atoms with Gasteiger partial charge in [-0.05, 0) is 23.6 Å². The Morgan fingerprint density at radius 2 is 2.12 bits per heavy atom. The summed E-state index contributed by atoms with van der Waals surface area (Å²) < 4.78 is 30.0. The van der Waals surface area contributed by atoms with E-state index in [1.54, 1.807) is 12.1 Å². The van der Waals surface area contributed by atoms with Gasteiger partial charge in [-0.2, -0.15) is 0 Å². The second kappa shape index (κ2) is 4.26. The van der Waals surface area contributed by atoms with E-state index in [0.717, 1.165) is 5.56 Å². The summed E-state index contributed by atoms with van der Waals surface area (Å²) in [7, 11) is 1.26. The van der Waals surface area contributed by atoms with Crippen LogP contribution < -0.4 is 0 Å². The van der Waals surface area contributed by atoms with E-state index in [-0.39, 0.29) is 29.3 Å². The highest BCUT2D eigenvalue weighted by atomic mass is 35.5. The summed E-state index contributed by atoms with van der Waals surface area (Å²) in [5.41, 5.74) is 0.998. The van der Waals surface area contributed by atoms with E-state index in [2.05, 4.69) is 4.74 Å². The van der Waals surface area contributed by atoms with E-state index in [4.69, 9.17) is 11.6 Å². The van der Waals surface area contributed by atoms with Crippen molar-refractivity contribution in [2.75, 3.05) is 7.11 Å². The van der Waals surface area contributed by atoms with E-state index < -0.39 is 11.9 Å². The highest BCUT2D eigenvalue weighted by Crippen LogP contribution is 2.48. The van der Waals surface area contributed by atoms with E-state index in [0.29, 0.717) is 0 Å². The molecule has 1 saturated carbocycles. The number of alkyl halides is 2. The van der Waals surface area contributed by atoms with Crippen molar-refractivity contribution in [2.45, 2.75) is 24.7 Å². The number of esters is 1. The van der Waals surface area contributed by atoms with Crippen LogP contribution in [0.2, 0.25) is 5.02 Å². The van der Waals surface area contributed by atoms with Crippen molar-refractivity contribution in [1.29, 1.82) is 0 Å². The Kier molecular flexibility index (Phi) is 3.08. The molecule has 1 aromatic carbocycles. The predicted octanol–water partition coefficient (Wildman–Crippen LogP) is 3.64. The lowest BCUT2D eigenvalue weighted by molar-refractivity contribution is -0.0867. The zero-order valence-corrected chi connectivity index (χ0v) is 9.93. The van der Waals surface area contributed by atoms with Crippen LogP contribution in [-0.2, 0) is 4.74 Å². The maximum absolute atomic E-state index is 12.7. The lowest BCUT2D eigenvalue weighted by Crippen LogP contribution is -2.33. The molecule has 17 heavy (non-hydrogen) atoms. The molecule has 2 nitrogen and oxygen atoms in total. The van der Waals surface area contributed by atoms with Gasteiger partial charge in [-0.25, -0.2) is 13.6 Å². The molecule has 0 aliphatic heterocycles. The molecule has 1 aromatic rings. The minimum absolute atomic E-state index is 0.152. The maximum Gasteiger partial charge on any atom is 0.339 e. The molecule has 5 heteroatoms. The normalized spacial score (nSPS) is 18.6. The molecule has 0 bridgehead atoms. The molecule has 0 spiro atoms. The third-order valence-corrected chi connectivity index (χ3v) is 3.27. The lowest BCUT2D eigenvalue weighted by atomic mass is 9.76. The first-order valence-electron chi connectivity index (χ1n) is 5.18. The highest BCUT2D eigenvalue weighted by Gasteiger charge is 2.45. The SMILES string of the molecule is COC(=O)c1ccc(C2CC(F)(F)C2)cc1Cl. The van der Waals surface area contributed by atoms with Crippen molar-refractivity contribution in [3.8, 4) is 0 Å². The van der Waals surface area contributed by atoms with Gasteiger partial charge in [-0.15, -0.1) is 0 Å². The van der Waals surface area contributed by atoms with Gasteiger partial charge in [0.1, 0.15) is 0 Å². The molecule has 0 saturated heterocycles. The fourth-order valence-corrected chi connectivity index (χ4v) is 2.22. The molecule has 0 atom stereocenters. The summed E-state index contributed by atoms with van der Waals surface area (Å²) in [5.74, 6) is -3.26. The minimum atomic E-state index is -2.56. The molecule has 1 fully saturated rings. The molecule has 92 valence electrons. The predicted molar refractivity (Wildman–Crippen MR) is 59.7 cm³/mol. The van der Waals surface area contributed by atoms with Crippen LogP contribution in [0.5, 0.6) is 0 Å². The van der Waals surface area contributed by atoms with Gasteiger partial charge in [0.25, 0.3) is 0 Å². The van der Waals surface area contributed by atoms with Crippen molar-refractivity contribution >= 4 is 17.6 Å². The Labute approximate surface area is 103 Å². The van der Waals surface area contributed by atoms with Crippen molar-refractivity contribution in [2.24, 2.45) is 0 Å². The average molecular weight is 261 g/mol. The number of methoxy groups -OCH3 is 1. The van der Waals surface area contributed by atoms with Gasteiger partial charge in [-0.3, -0.25) is 0 Å². The van der Waals surface area contributed by atoms with Crippen LogP contribution in [0.15, 0.2) is 18.2 Å². The second-order valence-corrected chi connectivity index (χ2v) is 4.60. The number of halogens is 3. The van der Waals surface area contributed by atoms with Crippen LogP contribution in [0.3, 0.4) is 0 Å². The van der Waals surface area contributed by atoms with Crippen molar-refractivity contribution in [1.82, 2.24) is 0 Å². The number of rotatable bonds is 2. The number of ether oxygens (including phenoxy) is 1. The van der Waals surface area contributed by atoms with Gasteiger partial charge in [0.15, 0.2) is 0 Å². The minimum Gasteiger partial charge on any atom is -0.465 e. The molecule has 0 unspecified atom stereocenters. The van der Waals surface area contributed by atoms with Crippen molar-refractivity contribution < 1.29 is 18.3 Å². The van der Waals surface area contributed by atoms with E-state index in [1.165, 1.54) is 13.2 Å². The maximum atomic E-state index is 12.7. The molecular formula is C12H11ClF2O2. The van der Waals surface area contributed by atoms with E-state index in [9.17, 15) is 13.6 Å². The average Bonchev–Trinajstić information content (AvgIpc) is 2.24. The lowest BCUT2D eigenvalue weighted by Gasteiger charge is -2.35. The number of hydrogen-bond donors (Lipinski definition) is 0. The molecule has 2 rings (SSSR count). The monoisotopic (exact) mass is 260 g/mol. The summed E-state index contributed by atoms with van der Waals surface area (Å²) in [5, 5.41) is 0.240. The van der Waals surface area contributed by atoms with Gasteiger partial charge in [0.2, 0.25) is 5.92 Å².